The number of hydrogen-bond donors (Lipinski definition) is 0. The highest BCUT2D eigenvalue weighted by Gasteiger charge is 2.21. The molecular weight excluding hydrogens is 460 g/mol. The van der Waals surface area contributed by atoms with Gasteiger partial charge in [-0.1, -0.05) is 64.9 Å². The van der Waals surface area contributed by atoms with Crippen molar-refractivity contribution in [3.63, 3.8) is 0 Å². The van der Waals surface area contributed by atoms with Gasteiger partial charge in [0, 0.05) is 5.56 Å². The number of aromatic nitrogens is 1. The molecule has 0 fully saturated rings. The number of ether oxygens (including phenoxy) is 3. The van der Waals surface area contributed by atoms with E-state index in [1.807, 2.05) is 78.9 Å². The maximum Gasteiger partial charge on any atom is 0.360 e. The number of methoxy groups -OCH3 is 1. The van der Waals surface area contributed by atoms with Crippen LogP contribution in [0.4, 0.5) is 0 Å². The molecule has 4 rings (SSSR count). The molecule has 0 aliphatic rings. The van der Waals surface area contributed by atoms with E-state index in [1.165, 1.54) is 14.2 Å². The van der Waals surface area contributed by atoms with E-state index < -0.39 is 5.97 Å². The van der Waals surface area contributed by atoms with Crippen LogP contribution < -0.4 is 9.47 Å². The average Bonchev–Trinajstić information content (AvgIpc) is 3.32. The number of benzene rings is 3. The van der Waals surface area contributed by atoms with Gasteiger partial charge in [-0.05, 0) is 42.3 Å². The van der Waals surface area contributed by atoms with Gasteiger partial charge < -0.3 is 23.6 Å². The lowest BCUT2D eigenvalue weighted by Crippen LogP contribution is -2.13. The van der Waals surface area contributed by atoms with Gasteiger partial charge >= 0.3 is 5.97 Å². The largest absolute Gasteiger partial charge is 0.489 e. The number of aryl methyl sites for hydroxylation is 1. The van der Waals surface area contributed by atoms with Crippen molar-refractivity contribution >= 4 is 11.7 Å². The first-order valence-corrected chi connectivity index (χ1v) is 11.2. The minimum Gasteiger partial charge on any atom is -0.489 e. The minimum atomic E-state index is -0.545. The van der Waals surface area contributed by atoms with Crippen molar-refractivity contribution in [2.24, 2.45) is 5.16 Å². The highest BCUT2D eigenvalue weighted by molar-refractivity contribution is 6.01. The number of rotatable bonds is 10. The molecule has 8 heteroatoms. The van der Waals surface area contributed by atoms with Crippen LogP contribution in [0.1, 0.15) is 27.4 Å². The summed E-state index contributed by atoms with van der Waals surface area (Å²) < 4.78 is 21.8. The monoisotopic (exact) mass is 486 g/mol. The van der Waals surface area contributed by atoms with E-state index in [0.29, 0.717) is 35.1 Å². The van der Waals surface area contributed by atoms with Gasteiger partial charge in [0.2, 0.25) is 0 Å². The Hall–Kier alpha value is -4.59. The van der Waals surface area contributed by atoms with Crippen LogP contribution in [-0.2, 0) is 16.2 Å². The van der Waals surface area contributed by atoms with Crippen LogP contribution in [0, 0.1) is 6.92 Å². The van der Waals surface area contributed by atoms with Gasteiger partial charge in [0.1, 0.15) is 43.3 Å². The molecule has 184 valence electrons. The molecule has 1 aromatic heterocycles. The maximum absolute atomic E-state index is 12.0. The SMILES string of the molecule is CON=C(COc1ccc(COc2ccc(-c3c(C(=O)OC)noc3C)cc2)cc1)c1ccccc1. The van der Waals surface area contributed by atoms with Gasteiger partial charge in [-0.2, -0.15) is 0 Å². The molecule has 0 bridgehead atoms. The fourth-order valence-electron chi connectivity index (χ4n) is 3.57. The van der Waals surface area contributed by atoms with Crippen LogP contribution in [-0.4, -0.2) is 37.7 Å². The minimum absolute atomic E-state index is 0.148. The number of hydrogen-bond acceptors (Lipinski definition) is 8. The second-order valence-corrected chi connectivity index (χ2v) is 7.79. The third-order valence-corrected chi connectivity index (χ3v) is 5.40. The molecule has 36 heavy (non-hydrogen) atoms. The Labute approximate surface area is 209 Å². The zero-order valence-corrected chi connectivity index (χ0v) is 20.3. The van der Waals surface area contributed by atoms with Crippen molar-refractivity contribution in [1.82, 2.24) is 5.16 Å². The van der Waals surface area contributed by atoms with Crippen LogP contribution in [0.5, 0.6) is 11.5 Å². The average molecular weight is 487 g/mol. The van der Waals surface area contributed by atoms with Gasteiger partial charge in [0.15, 0.2) is 5.69 Å². The smallest absolute Gasteiger partial charge is 0.360 e. The lowest BCUT2D eigenvalue weighted by atomic mass is 10.0. The zero-order chi connectivity index (χ0) is 25.3. The number of carbonyl (C=O) groups excluding carboxylic acids is 1. The zero-order valence-electron chi connectivity index (χ0n) is 20.3. The first-order chi connectivity index (χ1) is 17.6. The van der Waals surface area contributed by atoms with E-state index in [1.54, 1.807) is 6.92 Å². The van der Waals surface area contributed by atoms with Crippen LogP contribution >= 0.6 is 0 Å². The molecule has 0 aliphatic carbocycles. The lowest BCUT2D eigenvalue weighted by molar-refractivity contribution is 0.0590. The van der Waals surface area contributed by atoms with Crippen molar-refractivity contribution in [1.29, 1.82) is 0 Å². The van der Waals surface area contributed by atoms with E-state index >= 15 is 0 Å². The third kappa shape index (κ3) is 5.90. The van der Waals surface area contributed by atoms with Gasteiger partial charge in [0.25, 0.3) is 0 Å². The Bertz CT molecular complexity index is 1310. The molecule has 0 unspecified atom stereocenters. The summed E-state index contributed by atoms with van der Waals surface area (Å²) >= 11 is 0. The van der Waals surface area contributed by atoms with Crippen molar-refractivity contribution in [3.8, 4) is 22.6 Å². The van der Waals surface area contributed by atoms with Crippen molar-refractivity contribution in [2.75, 3.05) is 20.8 Å². The summed E-state index contributed by atoms with van der Waals surface area (Å²) in [5, 5.41) is 7.89. The van der Waals surface area contributed by atoms with Crippen molar-refractivity contribution < 1.29 is 28.4 Å². The quantitative estimate of drug-likeness (QED) is 0.167. The van der Waals surface area contributed by atoms with Gasteiger partial charge in [-0.3, -0.25) is 0 Å². The molecule has 0 radical (unpaired) electrons. The summed E-state index contributed by atoms with van der Waals surface area (Å²) in [5.74, 6) is 1.40. The summed E-state index contributed by atoms with van der Waals surface area (Å²) in [6.45, 7) is 2.42. The van der Waals surface area contributed by atoms with E-state index in [-0.39, 0.29) is 12.3 Å². The number of nitrogens with zero attached hydrogens (tertiary/aromatic N) is 2. The molecule has 8 nitrogen and oxygen atoms in total. The molecule has 0 N–H and O–H groups in total. The van der Waals surface area contributed by atoms with Crippen LogP contribution in [0.2, 0.25) is 0 Å². The van der Waals surface area contributed by atoms with E-state index in [4.69, 9.17) is 23.6 Å². The van der Waals surface area contributed by atoms with Gasteiger partial charge in [-0.15, -0.1) is 0 Å². The molecule has 0 aliphatic heterocycles. The molecule has 0 saturated carbocycles. The molecule has 0 saturated heterocycles. The summed E-state index contributed by atoms with van der Waals surface area (Å²) in [6, 6.07) is 24.8. The Balaban J connectivity index is 1.34. The normalized spacial score (nSPS) is 11.1. The summed E-state index contributed by atoms with van der Waals surface area (Å²) in [5.41, 5.74) is 4.17. The molecule has 0 amide bonds. The van der Waals surface area contributed by atoms with Gasteiger partial charge in [-0.25, -0.2) is 4.79 Å². The fraction of sp³-hybridized carbons (Fsp3) is 0.179. The molecular formula is C28H26N2O6. The maximum atomic E-state index is 12.0. The predicted molar refractivity (Wildman–Crippen MR) is 134 cm³/mol. The molecule has 0 atom stereocenters. The first-order valence-electron chi connectivity index (χ1n) is 11.2. The Kier molecular flexibility index (Phi) is 7.97. The first kappa shape index (κ1) is 24.5. The van der Waals surface area contributed by atoms with E-state index in [9.17, 15) is 4.79 Å². The number of carbonyl (C=O) groups is 1. The van der Waals surface area contributed by atoms with Crippen LogP contribution in [0.3, 0.4) is 0 Å². The Morgan fingerprint density at radius 3 is 2.22 bits per heavy atom. The fourth-order valence-corrected chi connectivity index (χ4v) is 3.57. The standard InChI is InChI=1S/C28H26N2O6/c1-19-26(27(30-36-19)28(31)32-2)22-11-15-24(16-12-22)34-17-20-9-13-23(14-10-20)35-18-25(29-33-3)21-7-5-4-6-8-21/h4-16H,17-18H2,1-3H3. The number of esters is 1. The summed E-state index contributed by atoms with van der Waals surface area (Å²) in [4.78, 5) is 16.9. The topological polar surface area (TPSA) is 92.4 Å². The number of oxime groups is 1. The van der Waals surface area contributed by atoms with Crippen LogP contribution in [0.25, 0.3) is 11.1 Å². The summed E-state index contributed by atoms with van der Waals surface area (Å²) in [7, 11) is 2.82. The second-order valence-electron chi connectivity index (χ2n) is 7.79. The van der Waals surface area contributed by atoms with Crippen molar-refractivity contribution in [2.45, 2.75) is 13.5 Å². The van der Waals surface area contributed by atoms with E-state index in [2.05, 4.69) is 10.3 Å². The highest BCUT2D eigenvalue weighted by atomic mass is 16.6. The van der Waals surface area contributed by atoms with E-state index in [0.717, 1.165) is 16.7 Å². The Morgan fingerprint density at radius 2 is 1.56 bits per heavy atom. The Morgan fingerprint density at radius 1 is 0.889 bits per heavy atom. The van der Waals surface area contributed by atoms with Crippen LogP contribution in [0.15, 0.2) is 88.5 Å². The molecule has 4 aromatic rings. The second kappa shape index (κ2) is 11.7. The predicted octanol–water partition coefficient (Wildman–Crippen LogP) is 5.45. The molecule has 0 spiro atoms. The highest BCUT2D eigenvalue weighted by Crippen LogP contribution is 2.29. The summed E-state index contributed by atoms with van der Waals surface area (Å²) in [6.07, 6.45) is 0. The molecule has 1 heterocycles. The third-order valence-electron chi connectivity index (χ3n) is 5.40. The molecule has 3 aromatic carbocycles. The van der Waals surface area contributed by atoms with Crippen molar-refractivity contribution in [3.05, 3.63) is 101 Å². The lowest BCUT2D eigenvalue weighted by Gasteiger charge is -2.10. The van der Waals surface area contributed by atoms with Gasteiger partial charge in [0.05, 0.1) is 12.7 Å².